The van der Waals surface area contributed by atoms with Gasteiger partial charge in [0.2, 0.25) is 0 Å². The quantitative estimate of drug-likeness (QED) is 0.522. The fraction of sp³-hybridized carbons (Fsp3) is 0.556. The molecule has 0 radical (unpaired) electrons. The summed E-state index contributed by atoms with van der Waals surface area (Å²) in [5.41, 5.74) is 9.29. The first-order chi connectivity index (χ1) is 15.1. The maximum absolute atomic E-state index is 13.5. The smallest absolute Gasteiger partial charge is 0.126 e. The van der Waals surface area contributed by atoms with Crippen LogP contribution >= 0.6 is 0 Å². The number of halogens is 2. The predicted octanol–water partition coefficient (Wildman–Crippen LogP) is 5.23. The first-order valence-electron chi connectivity index (χ1n) is 11.8. The second kappa shape index (κ2) is 10.4. The standard InChI is InChI=1S/C27H38F2N2O/c1-26(2,3)17-19-8-7-9-21(12-19)27(10-5-4-6-11-27)31-18-25(32)24(30)15-20-13-22(28)16-23(29)14-20/h7-9,12-14,16,24-25,31-32H,4-6,10-11,15,17-18,30H2,1-3H3/t24-,25+/m0/s1. The summed E-state index contributed by atoms with van der Waals surface area (Å²) in [6, 6.07) is 11.6. The number of hydrogen-bond donors (Lipinski definition) is 3. The van der Waals surface area contributed by atoms with Gasteiger partial charge in [-0.15, -0.1) is 0 Å². The van der Waals surface area contributed by atoms with Gasteiger partial charge in [-0.05, 0) is 59.9 Å². The molecule has 0 aliphatic heterocycles. The van der Waals surface area contributed by atoms with Crippen LogP contribution in [0.2, 0.25) is 0 Å². The first kappa shape index (κ1) is 24.8. The topological polar surface area (TPSA) is 58.3 Å². The zero-order valence-electron chi connectivity index (χ0n) is 19.6. The van der Waals surface area contributed by atoms with E-state index in [2.05, 4.69) is 50.4 Å². The predicted molar refractivity (Wildman–Crippen MR) is 126 cm³/mol. The van der Waals surface area contributed by atoms with Crippen LogP contribution in [-0.4, -0.2) is 23.8 Å². The maximum atomic E-state index is 13.5. The molecule has 0 heterocycles. The number of rotatable bonds is 8. The highest BCUT2D eigenvalue weighted by Crippen LogP contribution is 2.38. The average Bonchev–Trinajstić information content (AvgIpc) is 2.71. The second-order valence-corrected chi connectivity index (χ2v) is 10.7. The molecule has 0 aromatic heterocycles. The summed E-state index contributed by atoms with van der Waals surface area (Å²) >= 11 is 0. The Hall–Kier alpha value is -1.82. The SMILES string of the molecule is CC(C)(C)Cc1cccc(C2(NC[C@@H](O)[C@@H](N)Cc3cc(F)cc(F)c3)CCCCC2)c1. The van der Waals surface area contributed by atoms with Gasteiger partial charge in [0.1, 0.15) is 11.6 Å². The lowest BCUT2D eigenvalue weighted by Gasteiger charge is -2.40. The number of hydrogen-bond acceptors (Lipinski definition) is 3. The van der Waals surface area contributed by atoms with Crippen LogP contribution in [0.3, 0.4) is 0 Å². The van der Waals surface area contributed by atoms with E-state index in [1.165, 1.54) is 29.7 Å². The highest BCUT2D eigenvalue weighted by molar-refractivity contribution is 5.31. The summed E-state index contributed by atoms with van der Waals surface area (Å²) in [6.45, 7) is 7.08. The molecule has 1 fully saturated rings. The Morgan fingerprint density at radius 3 is 2.28 bits per heavy atom. The molecule has 3 rings (SSSR count). The van der Waals surface area contributed by atoms with Crippen LogP contribution in [0.15, 0.2) is 42.5 Å². The van der Waals surface area contributed by atoms with Crippen molar-refractivity contribution in [1.82, 2.24) is 5.32 Å². The Labute approximate surface area is 191 Å². The van der Waals surface area contributed by atoms with Gasteiger partial charge in [-0.25, -0.2) is 8.78 Å². The van der Waals surface area contributed by atoms with Gasteiger partial charge in [0.15, 0.2) is 0 Å². The van der Waals surface area contributed by atoms with Gasteiger partial charge in [0.05, 0.1) is 6.10 Å². The summed E-state index contributed by atoms with van der Waals surface area (Å²) in [5.74, 6) is -1.26. The fourth-order valence-electron chi connectivity index (χ4n) is 4.90. The van der Waals surface area contributed by atoms with Crippen molar-refractivity contribution >= 4 is 0 Å². The summed E-state index contributed by atoms with van der Waals surface area (Å²) < 4.78 is 27.0. The van der Waals surface area contributed by atoms with Crippen LogP contribution in [0.25, 0.3) is 0 Å². The van der Waals surface area contributed by atoms with Crippen LogP contribution in [0.4, 0.5) is 8.78 Å². The fourth-order valence-corrected chi connectivity index (χ4v) is 4.90. The van der Waals surface area contributed by atoms with E-state index >= 15 is 0 Å². The Kier molecular flexibility index (Phi) is 8.07. The molecule has 176 valence electrons. The number of nitrogens with two attached hydrogens (primary N) is 1. The Bertz CT molecular complexity index is 867. The largest absolute Gasteiger partial charge is 0.390 e. The van der Waals surface area contributed by atoms with Gasteiger partial charge in [-0.3, -0.25) is 0 Å². The average molecular weight is 445 g/mol. The van der Waals surface area contributed by atoms with Crippen molar-refractivity contribution in [3.8, 4) is 0 Å². The minimum absolute atomic E-state index is 0.183. The molecule has 1 aliphatic carbocycles. The molecule has 0 amide bonds. The molecule has 32 heavy (non-hydrogen) atoms. The monoisotopic (exact) mass is 444 g/mol. The molecule has 2 atom stereocenters. The molecule has 0 saturated heterocycles. The van der Waals surface area contributed by atoms with E-state index in [-0.39, 0.29) is 17.4 Å². The number of nitrogens with one attached hydrogen (secondary N) is 1. The van der Waals surface area contributed by atoms with E-state index in [0.29, 0.717) is 12.1 Å². The van der Waals surface area contributed by atoms with E-state index in [0.717, 1.165) is 38.2 Å². The van der Waals surface area contributed by atoms with Crippen LogP contribution in [-0.2, 0) is 18.4 Å². The van der Waals surface area contributed by atoms with Crippen LogP contribution in [0, 0.1) is 17.0 Å². The van der Waals surface area contributed by atoms with E-state index in [9.17, 15) is 13.9 Å². The molecule has 2 aromatic carbocycles. The molecule has 2 aromatic rings. The summed E-state index contributed by atoms with van der Waals surface area (Å²) in [5, 5.41) is 14.4. The first-order valence-corrected chi connectivity index (χ1v) is 11.8. The normalized spacial score (nSPS) is 18.3. The lowest BCUT2D eigenvalue weighted by molar-refractivity contribution is 0.116. The summed E-state index contributed by atoms with van der Waals surface area (Å²) in [4.78, 5) is 0. The second-order valence-electron chi connectivity index (χ2n) is 10.7. The number of aliphatic hydroxyl groups excluding tert-OH is 1. The number of benzene rings is 2. The van der Waals surface area contributed by atoms with Gasteiger partial charge in [-0.1, -0.05) is 64.3 Å². The Morgan fingerprint density at radius 1 is 1.00 bits per heavy atom. The minimum atomic E-state index is -0.821. The zero-order valence-corrected chi connectivity index (χ0v) is 19.6. The third kappa shape index (κ3) is 6.84. The molecule has 1 aliphatic rings. The van der Waals surface area contributed by atoms with Gasteiger partial charge in [0, 0.05) is 24.2 Å². The Balaban J connectivity index is 1.71. The third-order valence-corrected chi connectivity index (χ3v) is 6.46. The summed E-state index contributed by atoms with van der Waals surface area (Å²) in [7, 11) is 0. The molecular weight excluding hydrogens is 406 g/mol. The van der Waals surface area contributed by atoms with Crippen molar-refractivity contribution in [3.05, 3.63) is 70.8 Å². The van der Waals surface area contributed by atoms with Crippen LogP contribution < -0.4 is 11.1 Å². The van der Waals surface area contributed by atoms with Crippen molar-refractivity contribution in [1.29, 1.82) is 0 Å². The highest BCUT2D eigenvalue weighted by atomic mass is 19.1. The minimum Gasteiger partial charge on any atom is -0.390 e. The summed E-state index contributed by atoms with van der Waals surface area (Å²) in [6.07, 6.45) is 5.94. The van der Waals surface area contributed by atoms with Gasteiger partial charge in [-0.2, -0.15) is 0 Å². The van der Waals surface area contributed by atoms with Gasteiger partial charge < -0.3 is 16.2 Å². The molecule has 0 unspecified atom stereocenters. The van der Waals surface area contributed by atoms with Gasteiger partial charge in [0.25, 0.3) is 0 Å². The maximum Gasteiger partial charge on any atom is 0.126 e. The highest BCUT2D eigenvalue weighted by Gasteiger charge is 2.34. The van der Waals surface area contributed by atoms with Crippen molar-refractivity contribution in [2.24, 2.45) is 11.1 Å². The molecular formula is C27H38F2N2O. The molecule has 5 heteroatoms. The van der Waals surface area contributed by atoms with Crippen LogP contribution in [0.1, 0.15) is 69.6 Å². The third-order valence-electron chi connectivity index (χ3n) is 6.46. The molecule has 4 N–H and O–H groups in total. The molecule has 1 saturated carbocycles. The van der Waals surface area contributed by atoms with E-state index in [1.807, 2.05) is 0 Å². The molecule has 0 spiro atoms. The van der Waals surface area contributed by atoms with Crippen molar-refractivity contribution in [2.75, 3.05) is 6.54 Å². The lowest BCUT2D eigenvalue weighted by Crippen LogP contribution is -2.51. The zero-order chi connectivity index (χ0) is 23.4. The van der Waals surface area contributed by atoms with Crippen LogP contribution in [0.5, 0.6) is 0 Å². The van der Waals surface area contributed by atoms with E-state index < -0.39 is 23.8 Å². The Morgan fingerprint density at radius 2 is 1.66 bits per heavy atom. The van der Waals surface area contributed by atoms with Crippen molar-refractivity contribution in [2.45, 2.75) is 83.4 Å². The van der Waals surface area contributed by atoms with E-state index in [4.69, 9.17) is 5.73 Å². The number of aliphatic hydroxyl groups is 1. The lowest BCUT2D eigenvalue weighted by atomic mass is 9.75. The molecule has 3 nitrogen and oxygen atoms in total. The van der Waals surface area contributed by atoms with Crippen molar-refractivity contribution < 1.29 is 13.9 Å². The molecule has 0 bridgehead atoms. The van der Waals surface area contributed by atoms with Gasteiger partial charge >= 0.3 is 0 Å². The van der Waals surface area contributed by atoms with Crippen molar-refractivity contribution in [3.63, 3.8) is 0 Å². The van der Waals surface area contributed by atoms with E-state index in [1.54, 1.807) is 0 Å².